The Morgan fingerprint density at radius 1 is 0.930 bits per heavy atom. The van der Waals surface area contributed by atoms with E-state index in [0.29, 0.717) is 16.7 Å². The van der Waals surface area contributed by atoms with Crippen LogP contribution in [0.5, 0.6) is 17.2 Å². The predicted molar refractivity (Wildman–Crippen MR) is 186 cm³/mol. The molecule has 0 saturated carbocycles. The Balaban J connectivity index is 1.27. The van der Waals surface area contributed by atoms with Crippen LogP contribution in [0.15, 0.2) is 93.2 Å². The fourth-order valence-corrected chi connectivity index (χ4v) is 7.48. The van der Waals surface area contributed by atoms with Gasteiger partial charge in [-0.05, 0) is 140 Å². The molecule has 0 radical (unpaired) electrons. The van der Waals surface area contributed by atoms with Crippen molar-refractivity contribution in [2.24, 2.45) is 4.99 Å². The summed E-state index contributed by atoms with van der Waals surface area (Å²) in [5.41, 5.74) is 5.94. The summed E-state index contributed by atoms with van der Waals surface area (Å²) in [7, 11) is 0. The standard InChI is InChI=1S/C34H28BrIN2O4S/c1-3-21-5-10-25(11-6-21)37-34-38(26-12-7-22(4-2)8-13-26)33(39)31(43-34)18-24-15-27(35)32(28(36)16-24)40-19-23-9-14-29-30(17-23)42-20-41-29/h5-18H,3-4,19-20H2,1-2H3/b31-18-,37-34?. The molecule has 1 fully saturated rings. The molecule has 0 aliphatic carbocycles. The number of halogens is 2. The molecule has 1 saturated heterocycles. The maximum atomic E-state index is 13.8. The Kier molecular flexibility index (Phi) is 9.11. The zero-order valence-corrected chi connectivity index (χ0v) is 28.2. The fraction of sp³-hybridized carbons (Fsp3) is 0.176. The van der Waals surface area contributed by atoms with Crippen LogP contribution in [0.3, 0.4) is 0 Å². The highest BCUT2D eigenvalue weighted by molar-refractivity contribution is 14.1. The number of carbonyl (C=O) groups is 1. The zero-order chi connectivity index (χ0) is 29.9. The molecule has 0 atom stereocenters. The number of thioether (sulfide) groups is 1. The van der Waals surface area contributed by atoms with Crippen molar-refractivity contribution < 1.29 is 19.0 Å². The number of aryl methyl sites for hydroxylation is 2. The van der Waals surface area contributed by atoms with Crippen molar-refractivity contribution in [2.45, 2.75) is 33.3 Å². The minimum absolute atomic E-state index is 0.104. The first-order valence-electron chi connectivity index (χ1n) is 13.9. The van der Waals surface area contributed by atoms with Crippen molar-refractivity contribution in [2.75, 3.05) is 11.7 Å². The molecule has 0 aromatic heterocycles. The van der Waals surface area contributed by atoms with Gasteiger partial charge < -0.3 is 14.2 Å². The van der Waals surface area contributed by atoms with E-state index < -0.39 is 0 Å². The predicted octanol–water partition coefficient (Wildman–Crippen LogP) is 9.29. The second-order valence-corrected chi connectivity index (χ2v) is 13.0. The molecule has 4 aromatic carbocycles. The number of amidine groups is 1. The van der Waals surface area contributed by atoms with Crippen molar-refractivity contribution in [3.05, 3.63) is 114 Å². The lowest BCUT2D eigenvalue weighted by atomic mass is 10.1. The first kappa shape index (κ1) is 29.8. The molecule has 1 amide bonds. The third-order valence-electron chi connectivity index (χ3n) is 7.12. The van der Waals surface area contributed by atoms with E-state index >= 15 is 0 Å². The van der Waals surface area contributed by atoms with Gasteiger partial charge in [0.1, 0.15) is 12.4 Å². The summed E-state index contributed by atoms with van der Waals surface area (Å²) < 4.78 is 18.8. The Labute approximate surface area is 277 Å². The van der Waals surface area contributed by atoms with E-state index in [1.807, 2.05) is 60.7 Å². The summed E-state index contributed by atoms with van der Waals surface area (Å²) in [6.07, 6.45) is 3.81. The van der Waals surface area contributed by atoms with E-state index in [4.69, 9.17) is 19.2 Å². The lowest BCUT2D eigenvalue weighted by Crippen LogP contribution is -2.28. The monoisotopic (exact) mass is 766 g/mol. The first-order valence-corrected chi connectivity index (χ1v) is 16.6. The number of nitrogens with zero attached hydrogens (tertiary/aromatic N) is 2. The van der Waals surface area contributed by atoms with Crippen LogP contribution in [0.4, 0.5) is 11.4 Å². The second kappa shape index (κ2) is 13.2. The molecule has 0 N–H and O–H groups in total. The van der Waals surface area contributed by atoms with Gasteiger partial charge in [-0.3, -0.25) is 9.69 Å². The molecular weight excluding hydrogens is 739 g/mol. The summed E-state index contributed by atoms with van der Waals surface area (Å²) in [5, 5.41) is 0.627. The van der Waals surface area contributed by atoms with Crippen molar-refractivity contribution in [3.63, 3.8) is 0 Å². The van der Waals surface area contributed by atoms with Gasteiger partial charge in [-0.2, -0.15) is 0 Å². The zero-order valence-electron chi connectivity index (χ0n) is 23.6. The lowest BCUT2D eigenvalue weighted by Gasteiger charge is -2.16. The van der Waals surface area contributed by atoms with Crippen LogP contribution < -0.4 is 19.1 Å². The van der Waals surface area contributed by atoms with Gasteiger partial charge in [0.15, 0.2) is 16.7 Å². The number of hydrogen-bond acceptors (Lipinski definition) is 6. The molecule has 0 unspecified atom stereocenters. The Morgan fingerprint density at radius 2 is 1.60 bits per heavy atom. The van der Waals surface area contributed by atoms with Crippen LogP contribution in [-0.2, 0) is 24.2 Å². The molecule has 6 nitrogen and oxygen atoms in total. The largest absolute Gasteiger partial charge is 0.487 e. The average Bonchev–Trinajstić information content (AvgIpc) is 3.60. The smallest absolute Gasteiger partial charge is 0.271 e. The number of carbonyl (C=O) groups excluding carboxylic acids is 1. The Hall–Kier alpha value is -3.28. The van der Waals surface area contributed by atoms with Crippen molar-refractivity contribution >= 4 is 78.8 Å². The number of fused-ring (bicyclic) bond motifs is 1. The van der Waals surface area contributed by atoms with Gasteiger partial charge in [-0.15, -0.1) is 0 Å². The van der Waals surface area contributed by atoms with E-state index in [1.54, 1.807) is 4.90 Å². The fourth-order valence-electron chi connectivity index (χ4n) is 4.71. The average molecular weight is 767 g/mol. The van der Waals surface area contributed by atoms with E-state index in [9.17, 15) is 4.79 Å². The van der Waals surface area contributed by atoms with E-state index in [1.165, 1.54) is 22.9 Å². The van der Waals surface area contributed by atoms with E-state index in [2.05, 4.69) is 76.6 Å². The second-order valence-electron chi connectivity index (χ2n) is 9.98. The van der Waals surface area contributed by atoms with Gasteiger partial charge in [0.05, 0.1) is 24.3 Å². The van der Waals surface area contributed by atoms with Crippen molar-refractivity contribution in [1.82, 2.24) is 0 Å². The summed E-state index contributed by atoms with van der Waals surface area (Å²) in [4.78, 5) is 21.0. The van der Waals surface area contributed by atoms with Crippen molar-refractivity contribution in [3.8, 4) is 17.2 Å². The Bertz CT molecular complexity index is 1720. The molecule has 2 heterocycles. The highest BCUT2D eigenvalue weighted by Crippen LogP contribution is 2.40. The molecule has 6 rings (SSSR count). The molecule has 0 spiro atoms. The quantitative estimate of drug-likeness (QED) is 0.132. The van der Waals surface area contributed by atoms with Gasteiger partial charge in [-0.25, -0.2) is 4.99 Å². The molecule has 218 valence electrons. The molecule has 4 aromatic rings. The molecular formula is C34H28BrIN2O4S. The number of aliphatic imine (C=N–C) groups is 1. The van der Waals surface area contributed by atoms with Crippen LogP contribution in [0.1, 0.15) is 36.1 Å². The van der Waals surface area contributed by atoms with Crippen LogP contribution >= 0.6 is 50.3 Å². The molecule has 0 bridgehead atoms. The van der Waals surface area contributed by atoms with Crippen LogP contribution in [0, 0.1) is 3.57 Å². The molecule has 2 aliphatic heterocycles. The molecule has 43 heavy (non-hydrogen) atoms. The Morgan fingerprint density at radius 3 is 2.30 bits per heavy atom. The number of ether oxygens (including phenoxy) is 3. The van der Waals surface area contributed by atoms with Crippen LogP contribution in [0.25, 0.3) is 6.08 Å². The van der Waals surface area contributed by atoms with E-state index in [-0.39, 0.29) is 12.7 Å². The maximum absolute atomic E-state index is 13.8. The maximum Gasteiger partial charge on any atom is 0.271 e. The number of anilines is 1. The van der Waals surface area contributed by atoms with Crippen LogP contribution in [0.2, 0.25) is 0 Å². The lowest BCUT2D eigenvalue weighted by molar-refractivity contribution is -0.113. The highest BCUT2D eigenvalue weighted by atomic mass is 127. The first-order chi connectivity index (χ1) is 20.9. The number of benzene rings is 4. The minimum Gasteiger partial charge on any atom is -0.487 e. The number of rotatable bonds is 8. The van der Waals surface area contributed by atoms with Crippen molar-refractivity contribution in [1.29, 1.82) is 0 Å². The normalized spacial score (nSPS) is 16.0. The third-order valence-corrected chi connectivity index (χ3v) is 9.48. The summed E-state index contributed by atoms with van der Waals surface area (Å²) in [6.45, 7) is 4.86. The number of hydrogen-bond donors (Lipinski definition) is 0. The van der Waals surface area contributed by atoms with E-state index in [0.717, 1.165) is 60.6 Å². The van der Waals surface area contributed by atoms with Gasteiger partial charge in [0.25, 0.3) is 5.91 Å². The van der Waals surface area contributed by atoms with Gasteiger partial charge in [0.2, 0.25) is 6.79 Å². The summed E-state index contributed by atoms with van der Waals surface area (Å²) in [6, 6.07) is 26.0. The number of amides is 1. The van der Waals surface area contributed by atoms with Crippen LogP contribution in [-0.4, -0.2) is 17.9 Å². The molecule has 2 aliphatic rings. The highest BCUT2D eigenvalue weighted by Gasteiger charge is 2.35. The third kappa shape index (κ3) is 6.63. The SMILES string of the molecule is CCc1ccc(N=C2S/C(=C\c3cc(Br)c(OCc4ccc5c(c4)OCO5)c(I)c3)C(=O)N2c2ccc(CC)cc2)cc1. The summed E-state index contributed by atoms with van der Waals surface area (Å²) in [5.74, 6) is 2.11. The van der Waals surface area contributed by atoms with Gasteiger partial charge in [0, 0.05) is 0 Å². The minimum atomic E-state index is -0.104. The molecule has 9 heteroatoms. The topological polar surface area (TPSA) is 60.4 Å². The van der Waals surface area contributed by atoms with Gasteiger partial charge >= 0.3 is 0 Å². The summed E-state index contributed by atoms with van der Waals surface area (Å²) >= 11 is 7.33. The van der Waals surface area contributed by atoms with Gasteiger partial charge in [-0.1, -0.05) is 44.2 Å².